The molecule has 0 aliphatic rings. The third-order valence-corrected chi connectivity index (χ3v) is 2.60. The van der Waals surface area contributed by atoms with Crippen LogP contribution in [0.4, 0.5) is 10.1 Å². The van der Waals surface area contributed by atoms with Crippen LogP contribution in [0.2, 0.25) is 0 Å². The maximum absolute atomic E-state index is 13.7. The zero-order chi connectivity index (χ0) is 15.1. The van der Waals surface area contributed by atoms with Gasteiger partial charge in [0.05, 0.1) is 24.1 Å². The van der Waals surface area contributed by atoms with Crippen LogP contribution in [0.15, 0.2) is 42.7 Å². The summed E-state index contributed by atoms with van der Waals surface area (Å²) in [6.07, 6.45) is 3.38. The molecule has 4 nitrogen and oxygen atoms in total. The first-order valence-electron chi connectivity index (χ1n) is 6.31. The lowest BCUT2D eigenvalue weighted by Crippen LogP contribution is -2.14. The molecule has 1 heterocycles. The number of benzene rings is 1. The maximum atomic E-state index is 13.7. The largest absolute Gasteiger partial charge is 0.395 e. The number of nitrogens with one attached hydrogen (secondary N) is 1. The molecule has 0 aliphatic carbocycles. The SMILES string of the molecule is O=C(Nc1cccnc1)c1cc(C#CCCO)ccc1F. The summed E-state index contributed by atoms with van der Waals surface area (Å²) in [5, 5.41) is 11.2. The number of anilines is 1. The monoisotopic (exact) mass is 284 g/mol. The average Bonchev–Trinajstić information content (AvgIpc) is 2.50. The fourth-order valence-electron chi connectivity index (χ4n) is 1.63. The number of nitrogens with zero attached hydrogens (tertiary/aromatic N) is 1. The predicted octanol–water partition coefficient (Wildman–Crippen LogP) is 2.21. The van der Waals surface area contributed by atoms with Crippen molar-refractivity contribution in [2.45, 2.75) is 6.42 Å². The van der Waals surface area contributed by atoms with E-state index in [1.807, 2.05) is 0 Å². The highest BCUT2D eigenvalue weighted by Gasteiger charge is 2.12. The van der Waals surface area contributed by atoms with Crippen molar-refractivity contribution in [3.63, 3.8) is 0 Å². The van der Waals surface area contributed by atoms with Crippen molar-refractivity contribution in [3.8, 4) is 11.8 Å². The van der Waals surface area contributed by atoms with Crippen LogP contribution in [0, 0.1) is 17.7 Å². The standard InChI is InChI=1S/C16H13FN2O2/c17-15-7-6-12(4-1-2-9-20)10-14(15)16(21)19-13-5-3-8-18-11-13/h3,5-8,10-11,20H,2,9H2,(H,19,21). The highest BCUT2D eigenvalue weighted by Crippen LogP contribution is 2.13. The van der Waals surface area contributed by atoms with Crippen molar-refractivity contribution in [1.82, 2.24) is 4.98 Å². The van der Waals surface area contributed by atoms with Crippen LogP contribution >= 0.6 is 0 Å². The van der Waals surface area contributed by atoms with Gasteiger partial charge in [0.1, 0.15) is 5.82 Å². The number of hydrogen-bond donors (Lipinski definition) is 2. The molecule has 2 aromatic rings. The Hall–Kier alpha value is -2.71. The molecule has 21 heavy (non-hydrogen) atoms. The van der Waals surface area contributed by atoms with Gasteiger partial charge in [-0.05, 0) is 30.3 Å². The van der Waals surface area contributed by atoms with Crippen molar-refractivity contribution in [1.29, 1.82) is 0 Å². The van der Waals surface area contributed by atoms with Crippen LogP contribution in [0.25, 0.3) is 0 Å². The molecule has 1 amide bonds. The molecule has 0 bridgehead atoms. The minimum atomic E-state index is -0.621. The summed E-state index contributed by atoms with van der Waals surface area (Å²) in [5.41, 5.74) is 0.912. The van der Waals surface area contributed by atoms with Gasteiger partial charge in [-0.3, -0.25) is 9.78 Å². The lowest BCUT2D eigenvalue weighted by Gasteiger charge is -2.06. The van der Waals surface area contributed by atoms with Gasteiger partial charge in [-0.25, -0.2) is 4.39 Å². The molecule has 5 heteroatoms. The third-order valence-electron chi connectivity index (χ3n) is 2.60. The normalized spacial score (nSPS) is 9.62. The molecule has 2 rings (SSSR count). The highest BCUT2D eigenvalue weighted by atomic mass is 19.1. The topological polar surface area (TPSA) is 62.2 Å². The second-order valence-electron chi connectivity index (χ2n) is 4.17. The van der Waals surface area contributed by atoms with Crippen molar-refractivity contribution in [2.75, 3.05) is 11.9 Å². The Kier molecular flexibility index (Phi) is 5.02. The molecular formula is C16H13FN2O2. The summed E-state index contributed by atoms with van der Waals surface area (Å²) in [6, 6.07) is 7.39. The summed E-state index contributed by atoms with van der Waals surface area (Å²) >= 11 is 0. The van der Waals surface area contributed by atoms with Crippen LogP contribution in [-0.4, -0.2) is 22.6 Å². The Balaban J connectivity index is 2.20. The number of amides is 1. The van der Waals surface area contributed by atoms with Gasteiger partial charge in [-0.15, -0.1) is 0 Å². The van der Waals surface area contributed by atoms with Crippen molar-refractivity contribution in [2.24, 2.45) is 0 Å². The Bertz CT molecular complexity index is 690. The number of halogens is 1. The maximum Gasteiger partial charge on any atom is 0.258 e. The van der Waals surface area contributed by atoms with Crippen LogP contribution in [0.5, 0.6) is 0 Å². The molecule has 0 radical (unpaired) electrons. The molecule has 106 valence electrons. The van der Waals surface area contributed by atoms with Crippen LogP contribution in [0.3, 0.4) is 0 Å². The van der Waals surface area contributed by atoms with Gasteiger partial charge < -0.3 is 10.4 Å². The summed E-state index contributed by atoms with van der Waals surface area (Å²) in [4.78, 5) is 15.9. The number of carbonyl (C=O) groups excluding carboxylic acids is 1. The van der Waals surface area contributed by atoms with E-state index in [4.69, 9.17) is 5.11 Å². The van der Waals surface area contributed by atoms with E-state index < -0.39 is 11.7 Å². The molecular weight excluding hydrogens is 271 g/mol. The lowest BCUT2D eigenvalue weighted by atomic mass is 10.1. The Morgan fingerprint density at radius 2 is 2.24 bits per heavy atom. The fraction of sp³-hybridized carbons (Fsp3) is 0.125. The van der Waals surface area contributed by atoms with Gasteiger partial charge in [0, 0.05) is 18.2 Å². The summed E-state index contributed by atoms with van der Waals surface area (Å²) in [5.74, 6) is 4.30. The summed E-state index contributed by atoms with van der Waals surface area (Å²) < 4.78 is 13.7. The van der Waals surface area contributed by atoms with E-state index in [1.54, 1.807) is 18.3 Å². The van der Waals surface area contributed by atoms with E-state index in [2.05, 4.69) is 22.1 Å². The molecule has 2 N–H and O–H groups in total. The first-order chi connectivity index (χ1) is 10.2. The van der Waals surface area contributed by atoms with E-state index in [0.29, 0.717) is 17.7 Å². The van der Waals surface area contributed by atoms with E-state index in [1.165, 1.54) is 24.4 Å². The molecule has 0 spiro atoms. The first-order valence-corrected chi connectivity index (χ1v) is 6.31. The number of pyridine rings is 1. The van der Waals surface area contributed by atoms with Gasteiger partial charge in [-0.2, -0.15) is 0 Å². The lowest BCUT2D eigenvalue weighted by molar-refractivity contribution is 0.102. The number of aliphatic hydroxyl groups is 1. The van der Waals surface area contributed by atoms with Gasteiger partial charge in [0.25, 0.3) is 5.91 Å². The Morgan fingerprint density at radius 1 is 1.38 bits per heavy atom. The van der Waals surface area contributed by atoms with E-state index in [9.17, 15) is 9.18 Å². The fourth-order valence-corrected chi connectivity index (χ4v) is 1.63. The van der Waals surface area contributed by atoms with Crippen molar-refractivity contribution < 1.29 is 14.3 Å². The molecule has 0 aliphatic heterocycles. The molecule has 0 saturated heterocycles. The minimum Gasteiger partial charge on any atom is -0.395 e. The van der Waals surface area contributed by atoms with Gasteiger partial charge >= 0.3 is 0 Å². The van der Waals surface area contributed by atoms with Gasteiger partial charge in [0.2, 0.25) is 0 Å². The zero-order valence-corrected chi connectivity index (χ0v) is 11.1. The highest BCUT2D eigenvalue weighted by molar-refractivity contribution is 6.04. The van der Waals surface area contributed by atoms with Crippen LogP contribution in [-0.2, 0) is 0 Å². The van der Waals surface area contributed by atoms with E-state index in [0.717, 1.165) is 0 Å². The van der Waals surface area contributed by atoms with Crippen molar-refractivity contribution >= 4 is 11.6 Å². The molecule has 0 unspecified atom stereocenters. The molecule has 1 aromatic carbocycles. The van der Waals surface area contributed by atoms with Gasteiger partial charge in [-0.1, -0.05) is 11.8 Å². The number of rotatable bonds is 3. The Morgan fingerprint density at radius 3 is 2.95 bits per heavy atom. The second kappa shape index (κ2) is 7.17. The Labute approximate surface area is 121 Å². The number of aromatic nitrogens is 1. The molecule has 1 aromatic heterocycles. The predicted molar refractivity (Wildman–Crippen MR) is 77.2 cm³/mol. The number of carbonyl (C=O) groups is 1. The van der Waals surface area contributed by atoms with Crippen molar-refractivity contribution in [3.05, 3.63) is 59.7 Å². The minimum absolute atomic E-state index is 0.0391. The molecule has 0 atom stereocenters. The number of hydrogen-bond acceptors (Lipinski definition) is 3. The quantitative estimate of drug-likeness (QED) is 0.849. The average molecular weight is 284 g/mol. The van der Waals surface area contributed by atoms with Crippen LogP contribution < -0.4 is 5.32 Å². The summed E-state index contributed by atoms with van der Waals surface area (Å²) in [6.45, 7) is -0.0391. The molecule has 0 saturated carbocycles. The third kappa shape index (κ3) is 4.13. The van der Waals surface area contributed by atoms with E-state index in [-0.39, 0.29) is 12.2 Å². The number of aliphatic hydroxyl groups excluding tert-OH is 1. The summed E-state index contributed by atoms with van der Waals surface area (Å²) in [7, 11) is 0. The second-order valence-corrected chi connectivity index (χ2v) is 4.17. The van der Waals surface area contributed by atoms with E-state index >= 15 is 0 Å². The smallest absolute Gasteiger partial charge is 0.258 e. The van der Waals surface area contributed by atoms with Gasteiger partial charge in [0.15, 0.2) is 0 Å². The zero-order valence-electron chi connectivity index (χ0n) is 11.1. The van der Waals surface area contributed by atoms with Crippen LogP contribution in [0.1, 0.15) is 22.3 Å². The molecule has 0 fully saturated rings. The first kappa shape index (κ1) is 14.7.